The summed E-state index contributed by atoms with van der Waals surface area (Å²) in [5, 5.41) is 2.83. The molecule has 0 radical (unpaired) electrons. The largest absolute Gasteiger partial charge is 0.416 e. The van der Waals surface area contributed by atoms with Gasteiger partial charge in [0.2, 0.25) is 5.91 Å². The maximum atomic E-state index is 13.1. The van der Waals surface area contributed by atoms with E-state index in [-0.39, 0.29) is 30.5 Å². The predicted molar refractivity (Wildman–Crippen MR) is 125 cm³/mol. The average Bonchev–Trinajstić information content (AvgIpc) is 2.81. The molecule has 0 saturated heterocycles. The second kappa shape index (κ2) is 13.0. The van der Waals surface area contributed by atoms with Crippen molar-refractivity contribution in [3.63, 3.8) is 0 Å². The van der Waals surface area contributed by atoms with Gasteiger partial charge in [0.15, 0.2) is 0 Å². The Morgan fingerprint density at radius 2 is 1.64 bits per heavy atom. The molecule has 0 spiro atoms. The van der Waals surface area contributed by atoms with Crippen molar-refractivity contribution in [2.24, 2.45) is 0 Å². The number of aryl methyl sites for hydroxylation is 1. The number of anilines is 1. The zero-order chi connectivity index (χ0) is 24.3. The van der Waals surface area contributed by atoms with Crippen molar-refractivity contribution in [2.75, 3.05) is 18.0 Å². The van der Waals surface area contributed by atoms with Crippen LogP contribution in [0, 0.1) is 0 Å². The summed E-state index contributed by atoms with van der Waals surface area (Å²) in [7, 11) is 0. The van der Waals surface area contributed by atoms with Crippen LogP contribution in [0.15, 0.2) is 48.5 Å². The second-order valence-electron chi connectivity index (χ2n) is 8.11. The Bertz CT molecular complexity index is 895. The van der Waals surface area contributed by atoms with E-state index in [2.05, 4.69) is 12.2 Å². The molecule has 2 aromatic rings. The number of nitrogens with zero attached hydrogens (tertiary/aromatic N) is 1. The van der Waals surface area contributed by atoms with Gasteiger partial charge in [-0.25, -0.2) is 0 Å². The molecule has 0 aromatic heterocycles. The fraction of sp³-hybridized carbons (Fsp3) is 0.462. The van der Waals surface area contributed by atoms with Gasteiger partial charge in [0.25, 0.3) is 5.91 Å². The summed E-state index contributed by atoms with van der Waals surface area (Å²) in [6.45, 7) is 4.62. The molecule has 0 bridgehead atoms. The topological polar surface area (TPSA) is 49.4 Å². The van der Waals surface area contributed by atoms with Crippen molar-refractivity contribution in [1.82, 2.24) is 5.32 Å². The fourth-order valence-corrected chi connectivity index (χ4v) is 3.46. The van der Waals surface area contributed by atoms with E-state index in [0.717, 1.165) is 37.8 Å². The molecule has 0 unspecified atom stereocenters. The van der Waals surface area contributed by atoms with Gasteiger partial charge in [0.1, 0.15) is 0 Å². The molecule has 0 aliphatic rings. The highest BCUT2D eigenvalue weighted by Crippen LogP contribution is 2.32. The number of hydrogen-bond acceptors (Lipinski definition) is 2. The lowest BCUT2D eigenvalue weighted by Gasteiger charge is -2.24. The lowest BCUT2D eigenvalue weighted by Crippen LogP contribution is -2.34. The van der Waals surface area contributed by atoms with E-state index < -0.39 is 11.7 Å². The van der Waals surface area contributed by atoms with Crippen LogP contribution in [0.25, 0.3) is 0 Å². The molecule has 0 fully saturated rings. The molecule has 2 rings (SSSR count). The number of unbranched alkanes of at least 4 members (excludes halogenated alkanes) is 2. The van der Waals surface area contributed by atoms with E-state index in [9.17, 15) is 22.8 Å². The van der Waals surface area contributed by atoms with Crippen molar-refractivity contribution in [1.29, 1.82) is 0 Å². The Balaban J connectivity index is 1.97. The summed E-state index contributed by atoms with van der Waals surface area (Å²) < 4.78 is 39.4. The first-order valence-electron chi connectivity index (χ1n) is 11.6. The van der Waals surface area contributed by atoms with E-state index in [0.29, 0.717) is 24.9 Å². The highest BCUT2D eigenvalue weighted by atomic mass is 19.4. The maximum absolute atomic E-state index is 13.1. The SMILES string of the molecule is CCCCC(=O)N(CCCNC(=O)c1ccc(CCCC)cc1)c1cccc(C(F)(F)F)c1. The first-order valence-corrected chi connectivity index (χ1v) is 11.6. The molecule has 1 N–H and O–H groups in total. The van der Waals surface area contributed by atoms with Gasteiger partial charge < -0.3 is 10.2 Å². The molecule has 0 atom stereocenters. The zero-order valence-electron chi connectivity index (χ0n) is 19.4. The number of carbonyl (C=O) groups is 2. The fourth-order valence-electron chi connectivity index (χ4n) is 3.46. The summed E-state index contributed by atoms with van der Waals surface area (Å²) in [6.07, 6.45) is 0.891. The van der Waals surface area contributed by atoms with Gasteiger partial charge in [0.05, 0.1) is 5.56 Å². The highest BCUT2D eigenvalue weighted by molar-refractivity contribution is 5.94. The minimum absolute atomic E-state index is 0.208. The summed E-state index contributed by atoms with van der Waals surface area (Å²) in [4.78, 5) is 26.5. The van der Waals surface area contributed by atoms with Crippen LogP contribution >= 0.6 is 0 Å². The van der Waals surface area contributed by atoms with Crippen LogP contribution in [-0.2, 0) is 17.4 Å². The molecule has 0 heterocycles. The molecule has 0 saturated carbocycles. The summed E-state index contributed by atoms with van der Waals surface area (Å²) in [5.41, 5.74) is 1.18. The summed E-state index contributed by atoms with van der Waals surface area (Å²) in [5.74, 6) is -0.426. The Hall–Kier alpha value is -2.83. The Morgan fingerprint density at radius 3 is 2.27 bits per heavy atom. The number of alkyl halides is 3. The zero-order valence-corrected chi connectivity index (χ0v) is 19.4. The molecule has 0 aliphatic carbocycles. The quantitative estimate of drug-likeness (QED) is 0.372. The van der Waals surface area contributed by atoms with Gasteiger partial charge in [-0.05, 0) is 61.6 Å². The third kappa shape index (κ3) is 8.56. The standard InChI is InChI=1S/C26H33F3N2O2/c1-3-5-9-20-13-15-21(16-14-20)25(33)30-17-8-18-31(24(32)12-6-4-2)23-11-7-10-22(19-23)26(27,28)29/h7,10-11,13-16,19H,3-6,8-9,12,17-18H2,1-2H3,(H,30,33). The molecule has 2 aromatic carbocycles. The molecule has 2 amide bonds. The molecular weight excluding hydrogens is 429 g/mol. The number of hydrogen-bond donors (Lipinski definition) is 1. The van der Waals surface area contributed by atoms with Crippen LogP contribution < -0.4 is 10.2 Å². The Kier molecular flexibility index (Phi) is 10.4. The van der Waals surface area contributed by atoms with Gasteiger partial charge in [-0.3, -0.25) is 9.59 Å². The van der Waals surface area contributed by atoms with Crippen LogP contribution in [-0.4, -0.2) is 24.9 Å². The van der Waals surface area contributed by atoms with Crippen LogP contribution in [0.1, 0.15) is 73.9 Å². The van der Waals surface area contributed by atoms with E-state index in [1.54, 1.807) is 12.1 Å². The number of amides is 2. The van der Waals surface area contributed by atoms with Crippen LogP contribution in [0.5, 0.6) is 0 Å². The number of rotatable bonds is 12. The first-order chi connectivity index (χ1) is 15.8. The van der Waals surface area contributed by atoms with Crippen molar-refractivity contribution < 1.29 is 22.8 Å². The smallest absolute Gasteiger partial charge is 0.352 e. The molecular formula is C26H33F3N2O2. The minimum Gasteiger partial charge on any atom is -0.352 e. The van der Waals surface area contributed by atoms with Crippen molar-refractivity contribution >= 4 is 17.5 Å². The van der Waals surface area contributed by atoms with Gasteiger partial charge >= 0.3 is 6.18 Å². The predicted octanol–water partition coefficient (Wildman–Crippen LogP) is 6.39. The van der Waals surface area contributed by atoms with Crippen LogP contribution in [0.4, 0.5) is 18.9 Å². The molecule has 4 nitrogen and oxygen atoms in total. The number of carbonyl (C=O) groups excluding carboxylic acids is 2. The van der Waals surface area contributed by atoms with Crippen LogP contribution in [0.2, 0.25) is 0 Å². The van der Waals surface area contributed by atoms with Gasteiger partial charge in [0, 0.05) is 30.8 Å². The Morgan fingerprint density at radius 1 is 0.939 bits per heavy atom. The van der Waals surface area contributed by atoms with Gasteiger partial charge in [-0.15, -0.1) is 0 Å². The number of halogens is 3. The second-order valence-corrected chi connectivity index (χ2v) is 8.11. The van der Waals surface area contributed by atoms with Gasteiger partial charge in [-0.1, -0.05) is 44.9 Å². The van der Waals surface area contributed by atoms with Crippen molar-refractivity contribution in [3.8, 4) is 0 Å². The van der Waals surface area contributed by atoms with E-state index in [1.807, 2.05) is 19.1 Å². The van der Waals surface area contributed by atoms with Crippen molar-refractivity contribution in [2.45, 2.75) is 65.0 Å². The number of benzene rings is 2. The Labute approximate surface area is 194 Å². The lowest BCUT2D eigenvalue weighted by molar-refractivity contribution is -0.137. The highest BCUT2D eigenvalue weighted by Gasteiger charge is 2.31. The molecule has 7 heteroatoms. The molecule has 180 valence electrons. The summed E-state index contributed by atoms with van der Waals surface area (Å²) >= 11 is 0. The van der Waals surface area contributed by atoms with E-state index >= 15 is 0 Å². The van der Waals surface area contributed by atoms with E-state index in [1.165, 1.54) is 22.6 Å². The maximum Gasteiger partial charge on any atom is 0.416 e. The first kappa shape index (κ1) is 26.4. The number of nitrogens with one attached hydrogen (secondary N) is 1. The van der Waals surface area contributed by atoms with E-state index in [4.69, 9.17) is 0 Å². The molecule has 33 heavy (non-hydrogen) atoms. The van der Waals surface area contributed by atoms with Crippen molar-refractivity contribution in [3.05, 3.63) is 65.2 Å². The molecule has 0 aliphatic heterocycles. The summed E-state index contributed by atoms with van der Waals surface area (Å²) in [6, 6.07) is 12.3. The minimum atomic E-state index is -4.48. The third-order valence-corrected chi connectivity index (χ3v) is 5.41. The monoisotopic (exact) mass is 462 g/mol. The van der Waals surface area contributed by atoms with Crippen LogP contribution in [0.3, 0.4) is 0 Å². The lowest BCUT2D eigenvalue weighted by atomic mass is 10.1. The normalized spacial score (nSPS) is 11.3. The van der Waals surface area contributed by atoms with Gasteiger partial charge in [-0.2, -0.15) is 13.2 Å². The third-order valence-electron chi connectivity index (χ3n) is 5.41. The average molecular weight is 463 g/mol.